The molecule has 0 bridgehead atoms. The second-order valence-electron chi connectivity index (χ2n) is 4.56. The highest BCUT2D eigenvalue weighted by molar-refractivity contribution is 9.10. The van der Waals surface area contributed by atoms with E-state index in [0.29, 0.717) is 17.6 Å². The van der Waals surface area contributed by atoms with Crippen LogP contribution in [0.15, 0.2) is 27.6 Å². The highest BCUT2D eigenvalue weighted by atomic mass is 79.9. The van der Waals surface area contributed by atoms with Crippen LogP contribution in [0.2, 0.25) is 5.02 Å². The van der Waals surface area contributed by atoms with E-state index in [4.69, 9.17) is 11.6 Å². The fourth-order valence-corrected chi connectivity index (χ4v) is 4.09. The van der Waals surface area contributed by atoms with Crippen LogP contribution in [0.5, 0.6) is 0 Å². The number of piperazine rings is 1. The lowest BCUT2D eigenvalue weighted by molar-refractivity contribution is 0.245. The second kappa shape index (κ2) is 10.3. The minimum Gasteiger partial charge on any atom is -0.314 e. The van der Waals surface area contributed by atoms with Crippen LogP contribution in [0, 0.1) is 0 Å². The molecule has 0 aliphatic carbocycles. The van der Waals surface area contributed by atoms with E-state index in [1.165, 1.54) is 6.07 Å². The largest absolute Gasteiger partial charge is 0.314 e. The summed E-state index contributed by atoms with van der Waals surface area (Å²) in [6.07, 6.45) is 0. The van der Waals surface area contributed by atoms with E-state index in [9.17, 15) is 8.42 Å². The summed E-state index contributed by atoms with van der Waals surface area (Å²) >= 11 is 9.20. The fourth-order valence-electron chi connectivity index (χ4n) is 2.03. The lowest BCUT2D eigenvalue weighted by Gasteiger charge is -2.27. The molecule has 1 saturated heterocycles. The van der Waals surface area contributed by atoms with Crippen LogP contribution < -0.4 is 10.0 Å². The van der Waals surface area contributed by atoms with Crippen LogP contribution in [0.1, 0.15) is 0 Å². The zero-order chi connectivity index (χ0) is 14.6. The maximum absolute atomic E-state index is 12.2. The second-order valence-corrected chi connectivity index (χ2v) is 7.62. The van der Waals surface area contributed by atoms with Crippen LogP contribution in [-0.4, -0.2) is 52.6 Å². The summed E-state index contributed by atoms with van der Waals surface area (Å²) in [5.41, 5.74) is 0. The van der Waals surface area contributed by atoms with Crippen molar-refractivity contribution in [3.05, 3.63) is 27.7 Å². The number of halogens is 4. The van der Waals surface area contributed by atoms with Gasteiger partial charge in [0.1, 0.15) is 4.90 Å². The molecule has 0 radical (unpaired) electrons. The van der Waals surface area contributed by atoms with Crippen molar-refractivity contribution < 1.29 is 8.42 Å². The predicted molar refractivity (Wildman–Crippen MR) is 98.1 cm³/mol. The average molecular weight is 456 g/mol. The van der Waals surface area contributed by atoms with Gasteiger partial charge in [-0.2, -0.15) is 0 Å². The molecule has 0 atom stereocenters. The number of nitrogens with zero attached hydrogens (tertiary/aromatic N) is 1. The maximum atomic E-state index is 12.2. The molecule has 0 spiro atoms. The molecule has 2 N–H and O–H groups in total. The number of nitrogens with one attached hydrogen (secondary N) is 2. The summed E-state index contributed by atoms with van der Waals surface area (Å²) in [5.74, 6) is 0. The van der Waals surface area contributed by atoms with Gasteiger partial charge in [-0.3, -0.25) is 4.90 Å². The Hall–Kier alpha value is 0.400. The third-order valence-corrected chi connectivity index (χ3v) is 5.55. The van der Waals surface area contributed by atoms with Crippen molar-refractivity contribution in [1.29, 1.82) is 0 Å². The molecule has 1 aromatic carbocycles. The Bertz CT molecular complexity index is 569. The standard InChI is InChI=1S/C12H17BrClN3O2S.2ClH/c13-10-1-2-11(14)12(9-10)20(18,19)16-5-8-17-6-3-15-4-7-17;;/h1-2,9,15-16H,3-8H2;2*1H. The average Bonchev–Trinajstić information content (AvgIpc) is 2.42. The Morgan fingerprint density at radius 3 is 2.55 bits per heavy atom. The van der Waals surface area contributed by atoms with E-state index in [1.807, 2.05) is 0 Å². The molecule has 0 aromatic heterocycles. The number of sulfonamides is 1. The molecule has 1 aromatic rings. The first-order valence-electron chi connectivity index (χ1n) is 6.37. The first-order chi connectivity index (χ1) is 9.49. The molecule has 22 heavy (non-hydrogen) atoms. The monoisotopic (exact) mass is 453 g/mol. The third-order valence-electron chi connectivity index (χ3n) is 3.11. The van der Waals surface area contributed by atoms with Crippen molar-refractivity contribution >= 4 is 62.4 Å². The van der Waals surface area contributed by atoms with Crippen LogP contribution in [0.4, 0.5) is 0 Å². The van der Waals surface area contributed by atoms with E-state index in [-0.39, 0.29) is 34.7 Å². The fraction of sp³-hybridized carbons (Fsp3) is 0.500. The van der Waals surface area contributed by atoms with Crippen molar-refractivity contribution in [2.45, 2.75) is 4.90 Å². The Balaban J connectivity index is 0.00000220. The Morgan fingerprint density at radius 1 is 1.27 bits per heavy atom. The van der Waals surface area contributed by atoms with Crippen molar-refractivity contribution in [2.75, 3.05) is 39.3 Å². The van der Waals surface area contributed by atoms with Gasteiger partial charge in [-0.1, -0.05) is 27.5 Å². The van der Waals surface area contributed by atoms with Crippen molar-refractivity contribution in [3.63, 3.8) is 0 Å². The Labute approximate surface area is 157 Å². The zero-order valence-corrected chi connectivity index (χ0v) is 16.5. The molecule has 1 aliphatic rings. The van der Waals surface area contributed by atoms with E-state index in [2.05, 4.69) is 30.9 Å². The van der Waals surface area contributed by atoms with Crippen LogP contribution in [0.25, 0.3) is 0 Å². The molecule has 0 unspecified atom stereocenters. The minimum absolute atomic E-state index is 0. The zero-order valence-electron chi connectivity index (χ0n) is 11.7. The van der Waals surface area contributed by atoms with Gasteiger partial charge >= 0.3 is 0 Å². The summed E-state index contributed by atoms with van der Waals surface area (Å²) in [5, 5.41) is 3.48. The molecule has 2 rings (SSSR count). The van der Waals surface area contributed by atoms with Crippen molar-refractivity contribution in [3.8, 4) is 0 Å². The van der Waals surface area contributed by atoms with E-state index in [0.717, 1.165) is 26.2 Å². The normalized spacial score (nSPS) is 15.7. The van der Waals surface area contributed by atoms with Gasteiger partial charge in [0.15, 0.2) is 0 Å². The van der Waals surface area contributed by atoms with Gasteiger partial charge in [0, 0.05) is 43.7 Å². The highest BCUT2D eigenvalue weighted by Crippen LogP contribution is 2.24. The molecule has 1 aliphatic heterocycles. The Kier molecular flexibility index (Phi) is 10.5. The van der Waals surface area contributed by atoms with E-state index < -0.39 is 10.0 Å². The minimum atomic E-state index is -3.57. The number of hydrogen-bond acceptors (Lipinski definition) is 4. The molecule has 128 valence electrons. The summed E-state index contributed by atoms with van der Waals surface area (Å²) < 4.78 is 27.7. The van der Waals surface area contributed by atoms with Gasteiger partial charge in [-0.25, -0.2) is 13.1 Å². The molecule has 5 nitrogen and oxygen atoms in total. The molecule has 1 heterocycles. The van der Waals surface area contributed by atoms with Crippen LogP contribution >= 0.6 is 52.3 Å². The number of rotatable bonds is 5. The molecule has 0 amide bonds. The number of hydrogen-bond donors (Lipinski definition) is 2. The summed E-state index contributed by atoms with van der Waals surface area (Å²) in [6.45, 7) is 4.87. The highest BCUT2D eigenvalue weighted by Gasteiger charge is 2.18. The Morgan fingerprint density at radius 2 is 1.91 bits per heavy atom. The van der Waals surface area contributed by atoms with Gasteiger partial charge < -0.3 is 5.32 Å². The summed E-state index contributed by atoms with van der Waals surface area (Å²) in [6, 6.07) is 4.79. The van der Waals surface area contributed by atoms with E-state index in [1.54, 1.807) is 12.1 Å². The predicted octanol–water partition coefficient (Wildman–Crippen LogP) is 2.13. The van der Waals surface area contributed by atoms with Crippen molar-refractivity contribution in [1.82, 2.24) is 14.9 Å². The molecule has 1 fully saturated rings. The smallest absolute Gasteiger partial charge is 0.242 e. The van der Waals surface area contributed by atoms with Gasteiger partial charge in [-0.05, 0) is 18.2 Å². The first kappa shape index (κ1) is 22.4. The van der Waals surface area contributed by atoms with Crippen LogP contribution in [0.3, 0.4) is 0 Å². The maximum Gasteiger partial charge on any atom is 0.242 e. The molecule has 10 heteroatoms. The number of benzene rings is 1. The van der Waals surface area contributed by atoms with Crippen molar-refractivity contribution in [2.24, 2.45) is 0 Å². The summed E-state index contributed by atoms with van der Waals surface area (Å²) in [4.78, 5) is 2.33. The topological polar surface area (TPSA) is 61.4 Å². The lowest BCUT2D eigenvalue weighted by atomic mass is 10.3. The van der Waals surface area contributed by atoms with Gasteiger partial charge in [0.05, 0.1) is 5.02 Å². The molecule has 0 saturated carbocycles. The van der Waals surface area contributed by atoms with Gasteiger partial charge in [0.25, 0.3) is 0 Å². The third kappa shape index (κ3) is 6.49. The quantitative estimate of drug-likeness (QED) is 0.714. The lowest BCUT2D eigenvalue weighted by Crippen LogP contribution is -2.46. The first-order valence-corrected chi connectivity index (χ1v) is 9.02. The molecular formula is C12H19BrCl3N3O2S. The van der Waals surface area contributed by atoms with Gasteiger partial charge in [-0.15, -0.1) is 24.8 Å². The SMILES string of the molecule is Cl.Cl.O=S(=O)(NCCN1CCNCC1)c1cc(Br)ccc1Cl. The van der Waals surface area contributed by atoms with Gasteiger partial charge in [0.2, 0.25) is 10.0 Å². The van der Waals surface area contributed by atoms with Crippen LogP contribution in [-0.2, 0) is 10.0 Å². The molecular weight excluding hydrogens is 436 g/mol. The summed E-state index contributed by atoms with van der Waals surface area (Å²) in [7, 11) is -3.57. The van der Waals surface area contributed by atoms with E-state index >= 15 is 0 Å².